The molecule has 0 aliphatic carbocycles. The number of aromatic nitrogens is 4. The average molecular weight is 293 g/mol. The lowest BCUT2D eigenvalue weighted by Crippen LogP contribution is -2.29. The molecular formula is C14H23N5O2. The van der Waals surface area contributed by atoms with E-state index in [0.717, 1.165) is 38.8 Å². The average Bonchev–Trinajstić information content (AvgIpc) is 2.82. The van der Waals surface area contributed by atoms with E-state index >= 15 is 0 Å². The summed E-state index contributed by atoms with van der Waals surface area (Å²) in [6.07, 6.45) is 4.15. The molecule has 2 aromatic rings. The molecule has 7 heteroatoms. The molecule has 0 aromatic carbocycles. The molecule has 0 bridgehead atoms. The first-order valence-corrected chi connectivity index (χ1v) is 7.53. The molecule has 0 saturated heterocycles. The van der Waals surface area contributed by atoms with Crippen LogP contribution in [-0.2, 0) is 13.6 Å². The molecule has 0 aliphatic rings. The Hall–Kier alpha value is -2.05. The van der Waals surface area contributed by atoms with Crippen molar-refractivity contribution >= 4 is 17.1 Å². The van der Waals surface area contributed by atoms with Crippen molar-refractivity contribution in [3.05, 3.63) is 20.8 Å². The van der Waals surface area contributed by atoms with E-state index in [4.69, 9.17) is 0 Å². The topological polar surface area (TPSA) is 84.7 Å². The number of nitrogens with one attached hydrogen (secondary N) is 2. The number of aryl methyl sites for hydroxylation is 2. The lowest BCUT2D eigenvalue weighted by atomic mass is 10.2. The number of H-pyrrole nitrogens is 1. The van der Waals surface area contributed by atoms with Gasteiger partial charge in [-0.25, -0.2) is 4.79 Å². The van der Waals surface area contributed by atoms with Crippen LogP contribution >= 0.6 is 0 Å². The highest BCUT2D eigenvalue weighted by Crippen LogP contribution is 2.16. The maximum Gasteiger partial charge on any atom is 0.329 e. The van der Waals surface area contributed by atoms with Crippen molar-refractivity contribution in [2.24, 2.45) is 7.05 Å². The fourth-order valence-electron chi connectivity index (χ4n) is 2.34. The summed E-state index contributed by atoms with van der Waals surface area (Å²) in [5, 5.41) is 3.24. The van der Waals surface area contributed by atoms with Crippen LogP contribution in [0.3, 0.4) is 0 Å². The van der Waals surface area contributed by atoms with Crippen LogP contribution in [0.1, 0.15) is 39.5 Å². The van der Waals surface area contributed by atoms with Crippen LogP contribution in [0.4, 0.5) is 5.95 Å². The molecule has 21 heavy (non-hydrogen) atoms. The van der Waals surface area contributed by atoms with Gasteiger partial charge < -0.3 is 9.88 Å². The van der Waals surface area contributed by atoms with E-state index in [9.17, 15) is 9.59 Å². The number of hydrogen-bond acceptors (Lipinski definition) is 4. The second-order valence-corrected chi connectivity index (χ2v) is 5.21. The van der Waals surface area contributed by atoms with E-state index in [1.807, 2.05) is 4.57 Å². The Morgan fingerprint density at radius 2 is 1.95 bits per heavy atom. The van der Waals surface area contributed by atoms with Crippen LogP contribution in [0.5, 0.6) is 0 Å². The minimum atomic E-state index is -0.437. The van der Waals surface area contributed by atoms with Crippen molar-refractivity contribution in [2.45, 2.75) is 46.1 Å². The van der Waals surface area contributed by atoms with Crippen LogP contribution in [0.2, 0.25) is 0 Å². The Morgan fingerprint density at radius 1 is 1.19 bits per heavy atom. The third kappa shape index (κ3) is 3.01. The second kappa shape index (κ2) is 6.60. The van der Waals surface area contributed by atoms with Gasteiger partial charge in [-0.15, -0.1) is 0 Å². The Labute approximate surface area is 123 Å². The van der Waals surface area contributed by atoms with E-state index in [1.165, 1.54) is 4.57 Å². The molecule has 0 spiro atoms. The number of aromatic amines is 1. The van der Waals surface area contributed by atoms with Gasteiger partial charge in [0, 0.05) is 20.1 Å². The van der Waals surface area contributed by atoms with Gasteiger partial charge in [0.1, 0.15) is 0 Å². The Morgan fingerprint density at radius 3 is 2.62 bits per heavy atom. The monoisotopic (exact) mass is 293 g/mol. The number of rotatable bonds is 7. The molecule has 116 valence electrons. The molecule has 0 unspecified atom stereocenters. The number of imidazole rings is 1. The molecule has 0 aliphatic heterocycles. The van der Waals surface area contributed by atoms with Crippen LogP contribution in [0.25, 0.3) is 11.2 Å². The smallest absolute Gasteiger partial charge is 0.329 e. The van der Waals surface area contributed by atoms with Crippen LogP contribution in [0.15, 0.2) is 9.59 Å². The van der Waals surface area contributed by atoms with E-state index < -0.39 is 5.69 Å². The molecule has 0 atom stereocenters. The van der Waals surface area contributed by atoms with Crippen molar-refractivity contribution in [1.82, 2.24) is 19.1 Å². The predicted molar refractivity (Wildman–Crippen MR) is 83.9 cm³/mol. The van der Waals surface area contributed by atoms with Crippen LogP contribution in [-0.4, -0.2) is 25.6 Å². The lowest BCUT2D eigenvalue weighted by Gasteiger charge is -2.09. The fourth-order valence-corrected chi connectivity index (χ4v) is 2.34. The summed E-state index contributed by atoms with van der Waals surface area (Å²) in [4.78, 5) is 30.6. The lowest BCUT2D eigenvalue weighted by molar-refractivity contribution is 0.614. The SMILES string of the molecule is CCCCCn1c(NCCC)nc2c1c(=O)[nH]c(=O)n2C. The number of anilines is 1. The van der Waals surface area contributed by atoms with Gasteiger partial charge in [0.05, 0.1) is 0 Å². The molecule has 2 rings (SSSR count). The van der Waals surface area contributed by atoms with Crippen molar-refractivity contribution in [1.29, 1.82) is 0 Å². The quantitative estimate of drug-likeness (QED) is 0.756. The first kappa shape index (κ1) is 15.3. The first-order valence-electron chi connectivity index (χ1n) is 7.53. The van der Waals surface area contributed by atoms with Gasteiger partial charge in [-0.1, -0.05) is 26.7 Å². The number of nitrogens with zero attached hydrogens (tertiary/aromatic N) is 3. The van der Waals surface area contributed by atoms with Crippen LogP contribution in [0, 0.1) is 0 Å². The van der Waals surface area contributed by atoms with E-state index in [2.05, 4.69) is 29.1 Å². The largest absolute Gasteiger partial charge is 0.356 e. The highest BCUT2D eigenvalue weighted by atomic mass is 16.2. The molecule has 2 aromatic heterocycles. The predicted octanol–water partition coefficient (Wildman–Crippen LogP) is 1.44. The maximum atomic E-state index is 12.1. The minimum Gasteiger partial charge on any atom is -0.356 e. The first-order chi connectivity index (χ1) is 10.1. The summed E-state index contributed by atoms with van der Waals surface area (Å²) < 4.78 is 3.27. The van der Waals surface area contributed by atoms with Gasteiger partial charge in [0.25, 0.3) is 5.56 Å². The summed E-state index contributed by atoms with van der Waals surface area (Å²) in [6, 6.07) is 0. The van der Waals surface area contributed by atoms with Gasteiger partial charge in [-0.2, -0.15) is 4.98 Å². The van der Waals surface area contributed by atoms with Gasteiger partial charge >= 0.3 is 5.69 Å². The normalized spacial score (nSPS) is 11.2. The molecule has 0 amide bonds. The Bertz CT molecular complexity index is 725. The maximum absolute atomic E-state index is 12.1. The zero-order valence-electron chi connectivity index (χ0n) is 12.9. The van der Waals surface area contributed by atoms with Gasteiger partial charge in [-0.05, 0) is 12.8 Å². The third-order valence-corrected chi connectivity index (χ3v) is 3.53. The highest BCUT2D eigenvalue weighted by Gasteiger charge is 2.16. The van der Waals surface area contributed by atoms with Gasteiger partial charge in [0.2, 0.25) is 5.95 Å². The minimum absolute atomic E-state index is 0.373. The molecule has 0 saturated carbocycles. The number of unbranched alkanes of at least 4 members (excludes halogenated alkanes) is 2. The standard InChI is InChI=1S/C14H23N5O2/c1-4-6-7-9-19-10-11(16-13(19)15-8-5-2)18(3)14(21)17-12(10)20/h4-9H2,1-3H3,(H,15,16)(H,17,20,21). The third-order valence-electron chi connectivity index (χ3n) is 3.53. The van der Waals surface area contributed by atoms with Crippen molar-refractivity contribution < 1.29 is 0 Å². The zero-order chi connectivity index (χ0) is 15.4. The molecular weight excluding hydrogens is 270 g/mol. The molecule has 7 nitrogen and oxygen atoms in total. The zero-order valence-corrected chi connectivity index (χ0v) is 12.9. The molecule has 2 N–H and O–H groups in total. The van der Waals surface area contributed by atoms with Gasteiger partial charge in [-0.3, -0.25) is 14.3 Å². The molecule has 0 radical (unpaired) electrons. The summed E-state index contributed by atoms with van der Waals surface area (Å²) in [7, 11) is 1.62. The van der Waals surface area contributed by atoms with Crippen molar-refractivity contribution in [3.63, 3.8) is 0 Å². The summed E-state index contributed by atoms with van der Waals surface area (Å²) in [6.45, 7) is 5.71. The van der Waals surface area contributed by atoms with Gasteiger partial charge in [0.15, 0.2) is 11.2 Å². The van der Waals surface area contributed by atoms with Crippen LogP contribution < -0.4 is 16.6 Å². The number of fused-ring (bicyclic) bond motifs is 1. The second-order valence-electron chi connectivity index (χ2n) is 5.21. The Balaban J connectivity index is 2.56. The van der Waals surface area contributed by atoms with E-state index in [0.29, 0.717) is 17.1 Å². The number of hydrogen-bond donors (Lipinski definition) is 2. The van der Waals surface area contributed by atoms with Crippen molar-refractivity contribution in [2.75, 3.05) is 11.9 Å². The molecule has 2 heterocycles. The molecule has 0 fully saturated rings. The van der Waals surface area contributed by atoms with Crippen molar-refractivity contribution in [3.8, 4) is 0 Å². The summed E-state index contributed by atoms with van der Waals surface area (Å²) in [5.41, 5.74) is 0.0834. The Kier molecular flexibility index (Phi) is 4.82. The van der Waals surface area contributed by atoms with E-state index in [-0.39, 0.29) is 5.56 Å². The summed E-state index contributed by atoms with van der Waals surface area (Å²) in [5.74, 6) is 0.662. The summed E-state index contributed by atoms with van der Waals surface area (Å²) >= 11 is 0. The van der Waals surface area contributed by atoms with E-state index in [1.54, 1.807) is 7.05 Å². The highest BCUT2D eigenvalue weighted by molar-refractivity contribution is 5.74. The fraction of sp³-hybridized carbons (Fsp3) is 0.643.